The maximum Gasteiger partial charge on any atom is 0.272 e. The number of benzene rings is 1. The Labute approximate surface area is 134 Å². The molecule has 1 aromatic carbocycles. The summed E-state index contributed by atoms with van der Waals surface area (Å²) in [7, 11) is -3.62. The van der Waals surface area contributed by atoms with Gasteiger partial charge in [0, 0.05) is 4.47 Å². The van der Waals surface area contributed by atoms with E-state index < -0.39 is 10.0 Å². The molecule has 0 bridgehead atoms. The third kappa shape index (κ3) is 3.46. The second-order valence-corrected chi connectivity index (χ2v) is 7.80. The van der Waals surface area contributed by atoms with Gasteiger partial charge in [-0.05, 0) is 52.5 Å². The van der Waals surface area contributed by atoms with E-state index in [1.165, 1.54) is 6.07 Å². The van der Waals surface area contributed by atoms with E-state index in [0.29, 0.717) is 27.5 Å². The van der Waals surface area contributed by atoms with Gasteiger partial charge < -0.3 is 4.74 Å². The summed E-state index contributed by atoms with van der Waals surface area (Å²) in [6.45, 7) is 2.34. The largest absolute Gasteiger partial charge is 0.492 e. The molecule has 1 aromatic heterocycles. The van der Waals surface area contributed by atoms with E-state index in [-0.39, 0.29) is 4.21 Å². The molecule has 0 amide bonds. The molecule has 8 heteroatoms. The van der Waals surface area contributed by atoms with Crippen molar-refractivity contribution < 1.29 is 13.2 Å². The summed E-state index contributed by atoms with van der Waals surface area (Å²) in [5.74, 6) is 0.523. The number of sulfonamides is 1. The van der Waals surface area contributed by atoms with Gasteiger partial charge in [-0.1, -0.05) is 11.6 Å². The third-order valence-electron chi connectivity index (χ3n) is 2.31. The molecule has 0 aliphatic carbocycles. The Balaban J connectivity index is 2.26. The first-order valence-electron chi connectivity index (χ1n) is 5.62. The molecule has 1 N–H and O–H groups in total. The zero-order valence-electron chi connectivity index (χ0n) is 10.4. The summed E-state index contributed by atoms with van der Waals surface area (Å²) in [6.07, 6.45) is 0. The van der Waals surface area contributed by atoms with Crippen molar-refractivity contribution in [3.05, 3.63) is 39.1 Å². The van der Waals surface area contributed by atoms with Gasteiger partial charge in [0.05, 0.1) is 17.3 Å². The van der Waals surface area contributed by atoms with Crippen LogP contribution in [0.1, 0.15) is 6.92 Å². The normalized spacial score (nSPS) is 11.3. The Morgan fingerprint density at radius 1 is 1.40 bits per heavy atom. The third-order valence-corrected chi connectivity index (χ3v) is 6.66. The van der Waals surface area contributed by atoms with Crippen LogP contribution in [0.2, 0.25) is 5.02 Å². The van der Waals surface area contributed by atoms with Gasteiger partial charge in [-0.25, -0.2) is 8.42 Å². The maximum atomic E-state index is 12.2. The summed E-state index contributed by atoms with van der Waals surface area (Å²) in [5, 5.41) is 2.06. The number of anilines is 1. The van der Waals surface area contributed by atoms with E-state index in [1.807, 2.05) is 6.92 Å². The van der Waals surface area contributed by atoms with Crippen LogP contribution in [-0.2, 0) is 10.0 Å². The molecule has 0 unspecified atom stereocenters. The highest BCUT2D eigenvalue weighted by Gasteiger charge is 2.19. The summed E-state index contributed by atoms with van der Waals surface area (Å²) < 4.78 is 32.9. The van der Waals surface area contributed by atoms with Crippen molar-refractivity contribution >= 4 is 54.6 Å². The first kappa shape index (κ1) is 15.6. The van der Waals surface area contributed by atoms with Crippen LogP contribution in [0.25, 0.3) is 0 Å². The van der Waals surface area contributed by atoms with Crippen LogP contribution < -0.4 is 9.46 Å². The standard InChI is InChI=1S/C12H11BrClNO3S2/c1-2-18-11-4-3-8(7-10(11)14)15-20(16,17)12-9(13)5-6-19-12/h3-7,15H,2H2,1H3. The van der Waals surface area contributed by atoms with Crippen molar-refractivity contribution in [3.63, 3.8) is 0 Å². The molecule has 0 radical (unpaired) electrons. The lowest BCUT2D eigenvalue weighted by atomic mass is 10.3. The van der Waals surface area contributed by atoms with Crippen molar-refractivity contribution in [1.82, 2.24) is 0 Å². The number of nitrogens with one attached hydrogen (secondary N) is 1. The highest BCUT2D eigenvalue weighted by molar-refractivity contribution is 9.10. The van der Waals surface area contributed by atoms with Gasteiger partial charge in [0.1, 0.15) is 5.75 Å². The van der Waals surface area contributed by atoms with Crippen molar-refractivity contribution in [2.75, 3.05) is 11.3 Å². The zero-order valence-corrected chi connectivity index (χ0v) is 14.4. The van der Waals surface area contributed by atoms with Gasteiger partial charge >= 0.3 is 0 Å². The minimum absolute atomic E-state index is 0.225. The molecule has 4 nitrogen and oxygen atoms in total. The van der Waals surface area contributed by atoms with Gasteiger partial charge in [0.25, 0.3) is 10.0 Å². The molecule has 0 saturated carbocycles. The van der Waals surface area contributed by atoms with E-state index in [2.05, 4.69) is 20.7 Å². The van der Waals surface area contributed by atoms with Crippen LogP contribution in [0.15, 0.2) is 38.3 Å². The predicted octanol–water partition coefficient (Wildman–Crippen LogP) is 4.36. The fraction of sp³-hybridized carbons (Fsp3) is 0.167. The number of hydrogen-bond donors (Lipinski definition) is 1. The number of ether oxygens (including phenoxy) is 1. The van der Waals surface area contributed by atoms with Crippen LogP contribution >= 0.6 is 38.9 Å². The first-order chi connectivity index (χ1) is 9.44. The first-order valence-corrected chi connectivity index (χ1v) is 9.15. The predicted molar refractivity (Wildman–Crippen MR) is 85.4 cm³/mol. The number of halogens is 2. The van der Waals surface area contributed by atoms with Crippen molar-refractivity contribution in [3.8, 4) is 5.75 Å². The molecule has 0 spiro atoms. The molecule has 0 atom stereocenters. The van der Waals surface area contributed by atoms with Crippen molar-refractivity contribution in [2.24, 2.45) is 0 Å². The van der Waals surface area contributed by atoms with Gasteiger partial charge in [-0.15, -0.1) is 11.3 Å². The molecule has 2 rings (SSSR count). The quantitative estimate of drug-likeness (QED) is 0.817. The van der Waals surface area contributed by atoms with E-state index in [1.54, 1.807) is 23.6 Å². The number of thiophene rings is 1. The second-order valence-electron chi connectivity index (χ2n) is 3.74. The van der Waals surface area contributed by atoms with E-state index in [0.717, 1.165) is 11.3 Å². The van der Waals surface area contributed by atoms with E-state index >= 15 is 0 Å². The second kappa shape index (κ2) is 6.34. The molecular weight excluding hydrogens is 386 g/mol. The Hall–Kier alpha value is -0.760. The lowest BCUT2D eigenvalue weighted by Gasteiger charge is -2.10. The molecule has 0 aliphatic rings. The summed E-state index contributed by atoms with van der Waals surface area (Å²) in [5.41, 5.74) is 0.388. The maximum absolute atomic E-state index is 12.2. The Bertz CT molecular complexity index is 715. The van der Waals surface area contributed by atoms with Crippen LogP contribution in [-0.4, -0.2) is 15.0 Å². The van der Waals surface area contributed by atoms with E-state index in [9.17, 15) is 8.42 Å². The van der Waals surface area contributed by atoms with Crippen molar-refractivity contribution in [1.29, 1.82) is 0 Å². The topological polar surface area (TPSA) is 55.4 Å². The Kier molecular flexibility index (Phi) is 4.95. The SMILES string of the molecule is CCOc1ccc(NS(=O)(=O)c2sccc2Br)cc1Cl. The molecule has 0 aliphatic heterocycles. The lowest BCUT2D eigenvalue weighted by molar-refractivity contribution is 0.340. The molecule has 20 heavy (non-hydrogen) atoms. The van der Waals surface area contributed by atoms with Crippen LogP contribution in [0.5, 0.6) is 5.75 Å². The van der Waals surface area contributed by atoms with Gasteiger partial charge in [0.15, 0.2) is 4.21 Å². The minimum Gasteiger partial charge on any atom is -0.492 e. The highest BCUT2D eigenvalue weighted by atomic mass is 79.9. The fourth-order valence-electron chi connectivity index (χ4n) is 1.51. The van der Waals surface area contributed by atoms with Crippen LogP contribution in [0.4, 0.5) is 5.69 Å². The highest BCUT2D eigenvalue weighted by Crippen LogP contribution is 2.32. The zero-order chi connectivity index (χ0) is 14.8. The molecular formula is C12H11BrClNO3S2. The molecule has 0 fully saturated rings. The number of rotatable bonds is 5. The Morgan fingerprint density at radius 3 is 2.70 bits per heavy atom. The molecule has 0 saturated heterocycles. The summed E-state index contributed by atoms with van der Waals surface area (Å²) >= 11 is 10.4. The average Bonchev–Trinajstić information content (AvgIpc) is 2.79. The van der Waals surface area contributed by atoms with Crippen LogP contribution in [0, 0.1) is 0 Å². The minimum atomic E-state index is -3.62. The summed E-state index contributed by atoms with van der Waals surface area (Å²) in [6, 6.07) is 6.44. The van der Waals surface area contributed by atoms with Gasteiger partial charge in [-0.3, -0.25) is 4.72 Å². The smallest absolute Gasteiger partial charge is 0.272 e. The van der Waals surface area contributed by atoms with Crippen LogP contribution in [0.3, 0.4) is 0 Å². The van der Waals surface area contributed by atoms with Crippen molar-refractivity contribution in [2.45, 2.75) is 11.1 Å². The van der Waals surface area contributed by atoms with Gasteiger partial charge in [-0.2, -0.15) is 0 Å². The fourth-order valence-corrected chi connectivity index (χ4v) is 5.13. The van der Waals surface area contributed by atoms with E-state index in [4.69, 9.17) is 16.3 Å². The number of hydrogen-bond acceptors (Lipinski definition) is 4. The molecule has 2 aromatic rings. The monoisotopic (exact) mass is 395 g/mol. The Morgan fingerprint density at radius 2 is 2.15 bits per heavy atom. The van der Waals surface area contributed by atoms with Gasteiger partial charge in [0.2, 0.25) is 0 Å². The molecule has 1 heterocycles. The molecule has 108 valence electrons. The lowest BCUT2D eigenvalue weighted by Crippen LogP contribution is -2.12. The average molecular weight is 397 g/mol. The summed E-state index contributed by atoms with van der Waals surface area (Å²) in [4.78, 5) is 0.